The van der Waals surface area contributed by atoms with Crippen LogP contribution < -0.4 is 25.2 Å². The molecule has 4 aliphatic heterocycles. The smallest absolute Gasteiger partial charge is 0.249 e. The molecule has 2 unspecified atom stereocenters. The Morgan fingerprint density at radius 3 is 2.62 bits per heavy atom. The van der Waals surface area contributed by atoms with E-state index in [0.29, 0.717) is 42.9 Å². The molecule has 9 rings (SSSR count). The molecule has 2 aromatic rings. The summed E-state index contributed by atoms with van der Waals surface area (Å²) >= 11 is 0. The quantitative estimate of drug-likeness (QED) is 0.268. The molecule has 11 heteroatoms. The van der Waals surface area contributed by atoms with E-state index in [9.17, 15) is 9.59 Å². The van der Waals surface area contributed by atoms with Gasteiger partial charge in [0.05, 0.1) is 18.5 Å². The molecule has 5 fully saturated rings. The van der Waals surface area contributed by atoms with Gasteiger partial charge in [-0.3, -0.25) is 14.5 Å². The Bertz CT molecular complexity index is 1680. The van der Waals surface area contributed by atoms with Crippen LogP contribution in [-0.4, -0.2) is 108 Å². The molecule has 1 aromatic heterocycles. The zero-order valence-corrected chi connectivity index (χ0v) is 30.3. The van der Waals surface area contributed by atoms with E-state index in [4.69, 9.17) is 9.72 Å². The van der Waals surface area contributed by atoms with Gasteiger partial charge in [0.15, 0.2) is 11.6 Å². The van der Waals surface area contributed by atoms with E-state index in [1.165, 1.54) is 77.7 Å². The predicted molar refractivity (Wildman–Crippen MR) is 195 cm³/mol. The molecule has 268 valence electrons. The molecule has 3 aliphatic carbocycles. The van der Waals surface area contributed by atoms with Crippen molar-refractivity contribution in [1.29, 1.82) is 0 Å². The number of nitrogens with zero attached hydrogens (tertiary/aromatic N) is 6. The number of aromatic nitrogens is 2. The van der Waals surface area contributed by atoms with Crippen molar-refractivity contribution in [2.75, 3.05) is 61.5 Å². The minimum atomic E-state index is -0.267. The van der Waals surface area contributed by atoms with Crippen LogP contribution in [0.2, 0.25) is 0 Å². The Balaban J connectivity index is 0.835. The van der Waals surface area contributed by atoms with Gasteiger partial charge >= 0.3 is 0 Å². The number of piperazine rings is 1. The Kier molecular flexibility index (Phi) is 7.93. The highest BCUT2D eigenvalue weighted by molar-refractivity contribution is 6.04. The molecular formula is C39H54N8O3. The maximum absolute atomic E-state index is 13.9. The first-order valence-electron chi connectivity index (χ1n) is 19.5. The third-order valence-corrected chi connectivity index (χ3v) is 13.5. The molecule has 0 bridgehead atoms. The molecule has 1 amide bonds. The number of hydrogen-bond acceptors (Lipinski definition) is 10. The second-order valence-electron chi connectivity index (χ2n) is 16.7. The van der Waals surface area contributed by atoms with Crippen molar-refractivity contribution in [1.82, 2.24) is 25.1 Å². The normalized spacial score (nSPS) is 32.0. The SMILES string of the molecule is CC[C@H]1C(=O)N(C)c2cnc(Nc3ccc(C(=O)CC4NC45CC54CCC(N5CCN(CC6CC6)CC5)CC4)c4c3OCC4)nc2N1C(C)C. The van der Waals surface area contributed by atoms with Gasteiger partial charge in [0.25, 0.3) is 0 Å². The van der Waals surface area contributed by atoms with Crippen LogP contribution in [-0.2, 0) is 11.2 Å². The van der Waals surface area contributed by atoms with Gasteiger partial charge in [-0.25, -0.2) is 4.98 Å². The van der Waals surface area contributed by atoms with Gasteiger partial charge in [-0.2, -0.15) is 4.98 Å². The summed E-state index contributed by atoms with van der Waals surface area (Å²) in [6.07, 6.45) is 13.0. The third kappa shape index (κ3) is 5.41. The standard InChI is InChI=1S/C39H54N8O3/c1-5-30-36(49)44(4)31-21-40-37(42-35(31)47(30)24(2)3)41-29-9-8-27(28-12-19-50-34(28)29)32(48)20-33-39(43-33)23-38(39)13-10-26(11-14-38)46-17-15-45(16-18-46)22-25-6-7-25/h8-9,21,24-26,30,33,43H,5-7,10-20,22-23H2,1-4H3,(H,40,41,42)/t26?,30-,33?,38?,39?/m0/s1. The molecular weight excluding hydrogens is 628 g/mol. The fraction of sp³-hybridized carbons (Fsp3) is 0.692. The number of carbonyl (C=O) groups excluding carboxylic acids is 2. The number of amides is 1. The van der Waals surface area contributed by atoms with E-state index in [0.717, 1.165) is 40.3 Å². The second kappa shape index (κ2) is 12.2. The van der Waals surface area contributed by atoms with E-state index in [1.807, 2.05) is 19.1 Å². The summed E-state index contributed by atoms with van der Waals surface area (Å²) in [5, 5.41) is 7.22. The molecule has 0 radical (unpaired) electrons. The topological polar surface area (TPSA) is 116 Å². The Labute approximate surface area is 296 Å². The molecule has 1 aromatic carbocycles. The number of carbonyl (C=O) groups is 2. The molecule has 2 N–H and O–H groups in total. The summed E-state index contributed by atoms with van der Waals surface area (Å²) < 4.78 is 6.12. The number of likely N-dealkylation sites (N-methyl/N-ethyl adjacent to an activating group) is 1. The summed E-state index contributed by atoms with van der Waals surface area (Å²) in [4.78, 5) is 45.7. The van der Waals surface area contributed by atoms with Gasteiger partial charge in [-0.1, -0.05) is 6.92 Å². The first-order chi connectivity index (χ1) is 24.2. The van der Waals surface area contributed by atoms with Gasteiger partial charge in [-0.15, -0.1) is 0 Å². The maximum Gasteiger partial charge on any atom is 0.249 e. The van der Waals surface area contributed by atoms with Gasteiger partial charge in [0.1, 0.15) is 17.5 Å². The van der Waals surface area contributed by atoms with Crippen molar-refractivity contribution in [2.45, 2.75) is 115 Å². The fourth-order valence-electron chi connectivity index (χ4n) is 10.3. The lowest BCUT2D eigenvalue weighted by molar-refractivity contribution is -0.120. The van der Waals surface area contributed by atoms with Crippen LogP contribution in [0.15, 0.2) is 18.3 Å². The van der Waals surface area contributed by atoms with Gasteiger partial charge in [0, 0.05) is 87.4 Å². The summed E-state index contributed by atoms with van der Waals surface area (Å²) in [6, 6.07) is 4.76. The van der Waals surface area contributed by atoms with Crippen LogP contribution in [0.25, 0.3) is 0 Å². The van der Waals surface area contributed by atoms with Crippen LogP contribution in [0.5, 0.6) is 5.75 Å². The number of Topliss-reactive ketones (excluding diaryl/α,β-unsaturated/α-hetero) is 1. The molecule has 2 spiro atoms. The molecule has 7 aliphatic rings. The largest absolute Gasteiger partial charge is 0.491 e. The van der Waals surface area contributed by atoms with Crippen molar-refractivity contribution >= 4 is 34.8 Å². The Morgan fingerprint density at radius 1 is 1.12 bits per heavy atom. The zero-order valence-electron chi connectivity index (χ0n) is 30.3. The number of fused-ring (bicyclic) bond motifs is 3. The van der Waals surface area contributed by atoms with Gasteiger partial charge in [0.2, 0.25) is 11.9 Å². The van der Waals surface area contributed by atoms with Crippen molar-refractivity contribution in [3.05, 3.63) is 29.5 Å². The zero-order chi connectivity index (χ0) is 34.4. The average molecular weight is 683 g/mol. The predicted octanol–water partition coefficient (Wildman–Crippen LogP) is 4.77. The number of nitrogens with one attached hydrogen (secondary N) is 2. The highest BCUT2D eigenvalue weighted by atomic mass is 16.5. The third-order valence-electron chi connectivity index (χ3n) is 13.5. The lowest BCUT2D eigenvalue weighted by Crippen LogP contribution is -2.54. The first-order valence-corrected chi connectivity index (χ1v) is 19.5. The van der Waals surface area contributed by atoms with Crippen LogP contribution in [0, 0.1) is 11.3 Å². The summed E-state index contributed by atoms with van der Waals surface area (Å²) in [7, 11) is 1.79. The van der Waals surface area contributed by atoms with Crippen LogP contribution >= 0.6 is 0 Å². The van der Waals surface area contributed by atoms with Crippen LogP contribution in [0.3, 0.4) is 0 Å². The fourth-order valence-corrected chi connectivity index (χ4v) is 10.3. The summed E-state index contributed by atoms with van der Waals surface area (Å²) in [5.74, 6) is 3.17. The second-order valence-corrected chi connectivity index (χ2v) is 16.7. The lowest BCUT2D eigenvalue weighted by atomic mass is 9.80. The Morgan fingerprint density at radius 2 is 1.90 bits per heavy atom. The average Bonchev–Trinajstić information content (AvgIpc) is 4.08. The number of benzene rings is 1. The van der Waals surface area contributed by atoms with Crippen LogP contribution in [0.1, 0.15) is 94.5 Å². The van der Waals surface area contributed by atoms with E-state index in [2.05, 4.69) is 44.2 Å². The maximum atomic E-state index is 13.9. The monoisotopic (exact) mass is 682 g/mol. The van der Waals surface area contributed by atoms with Crippen LogP contribution in [0.4, 0.5) is 23.1 Å². The van der Waals surface area contributed by atoms with Crippen molar-refractivity contribution in [3.8, 4) is 5.75 Å². The molecule has 5 heterocycles. The van der Waals surface area contributed by atoms with Gasteiger partial charge < -0.3 is 30.1 Å². The summed E-state index contributed by atoms with van der Waals surface area (Å²) in [6.45, 7) is 13.1. The Hall–Kier alpha value is -3.28. The molecule has 2 saturated heterocycles. The summed E-state index contributed by atoms with van der Waals surface area (Å²) in [5.41, 5.74) is 3.84. The lowest BCUT2D eigenvalue weighted by Gasteiger charge is -2.42. The highest BCUT2D eigenvalue weighted by Crippen LogP contribution is 2.72. The van der Waals surface area contributed by atoms with E-state index in [-0.39, 0.29) is 35.4 Å². The first kappa shape index (κ1) is 32.6. The van der Waals surface area contributed by atoms with Crippen molar-refractivity contribution in [3.63, 3.8) is 0 Å². The number of ketones is 1. The highest BCUT2D eigenvalue weighted by Gasteiger charge is 2.79. The molecule has 3 atom stereocenters. The molecule has 11 nitrogen and oxygen atoms in total. The van der Waals surface area contributed by atoms with E-state index >= 15 is 0 Å². The molecule has 3 saturated carbocycles. The van der Waals surface area contributed by atoms with Gasteiger partial charge in [-0.05, 0) is 88.7 Å². The minimum Gasteiger partial charge on any atom is -0.491 e. The van der Waals surface area contributed by atoms with E-state index < -0.39 is 0 Å². The number of rotatable bonds is 10. The van der Waals surface area contributed by atoms with E-state index in [1.54, 1.807) is 18.1 Å². The minimum absolute atomic E-state index is 0.0595. The number of hydrogen-bond donors (Lipinski definition) is 2. The number of ether oxygens (including phenoxy) is 1. The number of anilines is 4. The van der Waals surface area contributed by atoms with Crippen molar-refractivity contribution < 1.29 is 14.3 Å². The molecule has 50 heavy (non-hydrogen) atoms. The van der Waals surface area contributed by atoms with Crippen molar-refractivity contribution in [2.24, 2.45) is 11.3 Å².